The summed E-state index contributed by atoms with van der Waals surface area (Å²) in [5.74, 6) is 0. The number of ether oxygens (including phenoxy) is 1. The minimum absolute atomic E-state index is 0.926. The Kier molecular flexibility index (Phi) is 7.58. The van der Waals surface area contributed by atoms with E-state index in [0.717, 1.165) is 6.61 Å². The van der Waals surface area contributed by atoms with E-state index in [1.165, 1.54) is 49.8 Å². The molecule has 1 aromatic heterocycles. The average Bonchev–Trinajstić information content (AvgIpc) is 2.75. The minimum atomic E-state index is 0.926. The van der Waals surface area contributed by atoms with Gasteiger partial charge in [0, 0.05) is 18.6 Å². The Morgan fingerprint density at radius 1 is 1.07 bits per heavy atom. The van der Waals surface area contributed by atoms with Gasteiger partial charge < -0.3 is 4.74 Å². The Morgan fingerprint density at radius 2 is 1.80 bits per heavy atom. The molecule has 0 saturated heterocycles. The van der Waals surface area contributed by atoms with Crippen molar-refractivity contribution in [2.45, 2.75) is 44.9 Å². The van der Waals surface area contributed by atoms with Gasteiger partial charge in [0.1, 0.15) is 0 Å². The van der Waals surface area contributed by atoms with E-state index >= 15 is 0 Å². The second-order valence-electron chi connectivity index (χ2n) is 3.94. The molecule has 1 rings (SSSR count). The topological polar surface area (TPSA) is 9.23 Å². The molecule has 0 N–H and O–H groups in total. The lowest BCUT2D eigenvalue weighted by atomic mass is 10.1. The van der Waals surface area contributed by atoms with Crippen molar-refractivity contribution in [1.29, 1.82) is 0 Å². The number of thiophene rings is 1. The Bertz CT molecular complexity index is 218. The third-order valence-corrected chi connectivity index (χ3v) is 3.54. The highest BCUT2D eigenvalue weighted by molar-refractivity contribution is 7.09. The second kappa shape index (κ2) is 8.93. The lowest BCUT2D eigenvalue weighted by molar-refractivity contribution is 0.192. The first kappa shape index (κ1) is 12.7. The standard InChI is InChI=1S/C13H22OS/c1-14-11-7-5-3-2-4-6-9-13-10-8-12-15-13/h8,10,12H,2-7,9,11H2,1H3. The maximum atomic E-state index is 5.02. The van der Waals surface area contributed by atoms with Gasteiger partial charge in [0.15, 0.2) is 0 Å². The molecular weight excluding hydrogens is 204 g/mol. The SMILES string of the molecule is COCCCCCCCCc1cccs1. The summed E-state index contributed by atoms with van der Waals surface area (Å²) in [6, 6.07) is 4.38. The maximum Gasteiger partial charge on any atom is 0.0462 e. The largest absolute Gasteiger partial charge is 0.385 e. The smallest absolute Gasteiger partial charge is 0.0462 e. The summed E-state index contributed by atoms with van der Waals surface area (Å²) in [7, 11) is 1.78. The molecule has 1 heterocycles. The predicted molar refractivity (Wildman–Crippen MR) is 67.6 cm³/mol. The Hall–Kier alpha value is -0.340. The summed E-state index contributed by atoms with van der Waals surface area (Å²) in [5, 5.41) is 2.17. The van der Waals surface area contributed by atoms with Crippen LogP contribution in [-0.2, 0) is 11.2 Å². The van der Waals surface area contributed by atoms with E-state index in [1.54, 1.807) is 7.11 Å². The highest BCUT2D eigenvalue weighted by atomic mass is 32.1. The molecule has 0 spiro atoms. The lowest BCUT2D eigenvalue weighted by Gasteiger charge is -2.00. The molecule has 0 unspecified atom stereocenters. The van der Waals surface area contributed by atoms with E-state index in [4.69, 9.17) is 4.74 Å². The van der Waals surface area contributed by atoms with E-state index in [0.29, 0.717) is 0 Å². The molecular formula is C13H22OS. The molecule has 0 saturated carbocycles. The van der Waals surface area contributed by atoms with Gasteiger partial charge in [-0.05, 0) is 30.7 Å². The molecule has 0 aliphatic heterocycles. The number of hydrogen-bond donors (Lipinski definition) is 0. The van der Waals surface area contributed by atoms with Crippen LogP contribution in [0.15, 0.2) is 17.5 Å². The molecule has 0 radical (unpaired) electrons. The number of rotatable bonds is 9. The summed E-state index contributed by atoms with van der Waals surface area (Å²) in [6.07, 6.45) is 9.31. The van der Waals surface area contributed by atoms with Crippen molar-refractivity contribution in [2.24, 2.45) is 0 Å². The van der Waals surface area contributed by atoms with Crippen LogP contribution in [0.1, 0.15) is 43.4 Å². The molecule has 1 aromatic rings. The zero-order chi connectivity index (χ0) is 10.8. The van der Waals surface area contributed by atoms with Gasteiger partial charge >= 0.3 is 0 Å². The zero-order valence-electron chi connectivity index (χ0n) is 9.71. The van der Waals surface area contributed by atoms with Crippen LogP contribution < -0.4 is 0 Å². The normalized spacial score (nSPS) is 10.7. The van der Waals surface area contributed by atoms with Crippen LogP contribution in [-0.4, -0.2) is 13.7 Å². The van der Waals surface area contributed by atoms with Gasteiger partial charge in [0.25, 0.3) is 0 Å². The van der Waals surface area contributed by atoms with Crippen LogP contribution in [0.3, 0.4) is 0 Å². The first-order valence-corrected chi connectivity index (χ1v) is 6.83. The Balaban J connectivity index is 1.81. The fourth-order valence-electron chi connectivity index (χ4n) is 1.71. The number of aryl methyl sites for hydroxylation is 1. The van der Waals surface area contributed by atoms with Crippen molar-refractivity contribution >= 4 is 11.3 Å². The molecule has 0 fully saturated rings. The molecule has 0 amide bonds. The fraction of sp³-hybridized carbons (Fsp3) is 0.692. The Labute approximate surface area is 97.5 Å². The lowest BCUT2D eigenvalue weighted by Crippen LogP contribution is -1.88. The van der Waals surface area contributed by atoms with Gasteiger partial charge in [0.05, 0.1) is 0 Å². The molecule has 0 aromatic carbocycles. The second-order valence-corrected chi connectivity index (χ2v) is 4.98. The van der Waals surface area contributed by atoms with Gasteiger partial charge in [-0.2, -0.15) is 0 Å². The van der Waals surface area contributed by atoms with E-state index in [2.05, 4.69) is 17.5 Å². The minimum Gasteiger partial charge on any atom is -0.385 e. The van der Waals surface area contributed by atoms with E-state index in [9.17, 15) is 0 Å². The molecule has 1 nitrogen and oxygen atoms in total. The average molecular weight is 226 g/mol. The van der Waals surface area contributed by atoms with Crippen LogP contribution >= 0.6 is 11.3 Å². The van der Waals surface area contributed by atoms with Crippen molar-refractivity contribution in [3.05, 3.63) is 22.4 Å². The van der Waals surface area contributed by atoms with Gasteiger partial charge in [0.2, 0.25) is 0 Å². The van der Waals surface area contributed by atoms with Crippen LogP contribution in [0.25, 0.3) is 0 Å². The van der Waals surface area contributed by atoms with Crippen molar-refractivity contribution in [3.63, 3.8) is 0 Å². The van der Waals surface area contributed by atoms with Crippen LogP contribution in [0.2, 0.25) is 0 Å². The molecule has 2 heteroatoms. The predicted octanol–water partition coefficient (Wildman–Crippen LogP) is 4.28. The maximum absolute atomic E-state index is 5.02. The first-order chi connectivity index (χ1) is 7.43. The van der Waals surface area contributed by atoms with Crippen molar-refractivity contribution in [1.82, 2.24) is 0 Å². The monoisotopic (exact) mass is 226 g/mol. The molecule has 15 heavy (non-hydrogen) atoms. The summed E-state index contributed by atoms with van der Waals surface area (Å²) in [4.78, 5) is 1.54. The van der Waals surface area contributed by atoms with Gasteiger partial charge in [-0.1, -0.05) is 31.7 Å². The van der Waals surface area contributed by atoms with Crippen LogP contribution in [0.4, 0.5) is 0 Å². The van der Waals surface area contributed by atoms with E-state index < -0.39 is 0 Å². The van der Waals surface area contributed by atoms with Gasteiger partial charge in [-0.15, -0.1) is 11.3 Å². The fourth-order valence-corrected chi connectivity index (χ4v) is 2.46. The summed E-state index contributed by atoms with van der Waals surface area (Å²) in [6.45, 7) is 0.926. The van der Waals surface area contributed by atoms with Crippen molar-refractivity contribution in [2.75, 3.05) is 13.7 Å². The van der Waals surface area contributed by atoms with E-state index in [1.807, 2.05) is 11.3 Å². The van der Waals surface area contributed by atoms with Crippen molar-refractivity contribution < 1.29 is 4.74 Å². The third kappa shape index (κ3) is 6.69. The molecule has 0 aliphatic rings. The zero-order valence-corrected chi connectivity index (χ0v) is 10.5. The Morgan fingerprint density at radius 3 is 2.47 bits per heavy atom. The molecule has 0 atom stereocenters. The third-order valence-electron chi connectivity index (χ3n) is 2.60. The van der Waals surface area contributed by atoms with E-state index in [-0.39, 0.29) is 0 Å². The molecule has 86 valence electrons. The van der Waals surface area contributed by atoms with Crippen molar-refractivity contribution in [3.8, 4) is 0 Å². The van der Waals surface area contributed by atoms with Crippen LogP contribution in [0.5, 0.6) is 0 Å². The molecule has 0 bridgehead atoms. The van der Waals surface area contributed by atoms with Gasteiger partial charge in [-0.25, -0.2) is 0 Å². The highest BCUT2D eigenvalue weighted by Gasteiger charge is 1.94. The number of hydrogen-bond acceptors (Lipinski definition) is 2. The quantitative estimate of drug-likeness (QED) is 0.571. The summed E-state index contributed by atoms with van der Waals surface area (Å²) in [5.41, 5.74) is 0. The highest BCUT2D eigenvalue weighted by Crippen LogP contribution is 2.13. The van der Waals surface area contributed by atoms with Crippen LogP contribution in [0, 0.1) is 0 Å². The molecule has 0 aliphatic carbocycles. The number of unbranched alkanes of at least 4 members (excludes halogenated alkanes) is 5. The summed E-state index contributed by atoms with van der Waals surface area (Å²) < 4.78 is 5.02. The number of methoxy groups -OCH3 is 1. The first-order valence-electron chi connectivity index (χ1n) is 5.95. The van der Waals surface area contributed by atoms with Gasteiger partial charge in [-0.3, -0.25) is 0 Å². The summed E-state index contributed by atoms with van der Waals surface area (Å²) >= 11 is 1.88.